The van der Waals surface area contributed by atoms with E-state index in [1.165, 1.54) is 0 Å². The van der Waals surface area contributed by atoms with E-state index in [0.717, 1.165) is 37.0 Å². The molecular formula is C12H18BrN3O. The Morgan fingerprint density at radius 1 is 1.53 bits per heavy atom. The van der Waals surface area contributed by atoms with Gasteiger partial charge in [-0.05, 0) is 31.7 Å². The van der Waals surface area contributed by atoms with Crippen LogP contribution in [0.15, 0.2) is 6.07 Å². The van der Waals surface area contributed by atoms with Gasteiger partial charge in [0.25, 0.3) is 5.91 Å². The van der Waals surface area contributed by atoms with Crippen LogP contribution >= 0.6 is 15.9 Å². The Balaban J connectivity index is 2.04. The summed E-state index contributed by atoms with van der Waals surface area (Å²) < 4.78 is 1.67. The maximum atomic E-state index is 12.3. The lowest BCUT2D eigenvalue weighted by molar-refractivity contribution is 0.0688. The minimum atomic E-state index is 0.112. The van der Waals surface area contributed by atoms with Crippen LogP contribution in [-0.4, -0.2) is 39.0 Å². The van der Waals surface area contributed by atoms with Crippen molar-refractivity contribution in [3.63, 3.8) is 0 Å². The molecule has 0 aromatic carbocycles. The molecule has 0 bridgehead atoms. The predicted molar refractivity (Wildman–Crippen MR) is 70.4 cm³/mol. The van der Waals surface area contributed by atoms with E-state index in [2.05, 4.69) is 21.0 Å². The van der Waals surface area contributed by atoms with Crippen LogP contribution in [0.25, 0.3) is 0 Å². The van der Waals surface area contributed by atoms with Crippen LogP contribution in [0, 0.1) is 12.8 Å². The average molecular weight is 300 g/mol. The maximum absolute atomic E-state index is 12.3. The lowest BCUT2D eigenvalue weighted by atomic mass is 9.99. The summed E-state index contributed by atoms with van der Waals surface area (Å²) in [6, 6.07) is 1.86. The zero-order valence-corrected chi connectivity index (χ0v) is 11.9. The number of hydrogen-bond donors (Lipinski definition) is 0. The minimum Gasteiger partial charge on any atom is -0.337 e. The molecular weight excluding hydrogens is 282 g/mol. The number of aromatic nitrogens is 2. The Labute approximate surface area is 110 Å². The van der Waals surface area contributed by atoms with Gasteiger partial charge in [-0.25, -0.2) is 0 Å². The second-order valence-electron chi connectivity index (χ2n) is 4.68. The quantitative estimate of drug-likeness (QED) is 0.783. The molecule has 94 valence electrons. The summed E-state index contributed by atoms with van der Waals surface area (Å²) in [5.41, 5.74) is 1.59. The third-order valence-corrected chi connectivity index (χ3v) is 4.26. The Hall–Kier alpha value is -0.840. The predicted octanol–water partition coefficient (Wildman–Crippen LogP) is 1.98. The number of likely N-dealkylation sites (tertiary alicyclic amines) is 1. The number of carbonyl (C=O) groups excluding carboxylic acids is 1. The van der Waals surface area contributed by atoms with Crippen molar-refractivity contribution in [2.45, 2.75) is 19.8 Å². The van der Waals surface area contributed by atoms with Crippen LogP contribution in [0.5, 0.6) is 0 Å². The van der Waals surface area contributed by atoms with E-state index in [1.54, 1.807) is 4.68 Å². The van der Waals surface area contributed by atoms with Crippen LogP contribution in [0.3, 0.4) is 0 Å². The summed E-state index contributed by atoms with van der Waals surface area (Å²) >= 11 is 3.51. The SMILES string of the molecule is Cc1cc(C(=O)N2CCC(CBr)CC2)n(C)n1. The fraction of sp³-hybridized carbons (Fsp3) is 0.667. The standard InChI is InChI=1S/C12H18BrN3O/c1-9-7-11(15(2)14-9)12(17)16-5-3-10(8-13)4-6-16/h7,10H,3-6,8H2,1-2H3. The monoisotopic (exact) mass is 299 g/mol. The fourth-order valence-electron chi connectivity index (χ4n) is 2.26. The highest BCUT2D eigenvalue weighted by Crippen LogP contribution is 2.20. The number of amides is 1. The molecule has 0 aliphatic carbocycles. The second-order valence-corrected chi connectivity index (χ2v) is 5.33. The highest BCUT2D eigenvalue weighted by atomic mass is 79.9. The molecule has 0 N–H and O–H groups in total. The largest absolute Gasteiger partial charge is 0.337 e. The molecule has 1 saturated heterocycles. The van der Waals surface area contributed by atoms with Gasteiger partial charge in [0, 0.05) is 25.5 Å². The van der Waals surface area contributed by atoms with Gasteiger partial charge < -0.3 is 4.90 Å². The van der Waals surface area contributed by atoms with Gasteiger partial charge in [-0.15, -0.1) is 0 Å². The molecule has 1 aliphatic heterocycles. The van der Waals surface area contributed by atoms with E-state index in [0.29, 0.717) is 11.6 Å². The summed E-state index contributed by atoms with van der Waals surface area (Å²) in [5, 5.41) is 5.26. The molecule has 0 saturated carbocycles. The summed E-state index contributed by atoms with van der Waals surface area (Å²) in [6.07, 6.45) is 2.18. The molecule has 1 aromatic rings. The number of carbonyl (C=O) groups is 1. The minimum absolute atomic E-state index is 0.112. The molecule has 0 atom stereocenters. The van der Waals surface area contributed by atoms with Crippen LogP contribution in [0.4, 0.5) is 0 Å². The van der Waals surface area contributed by atoms with Crippen molar-refractivity contribution in [1.29, 1.82) is 0 Å². The van der Waals surface area contributed by atoms with Crippen LogP contribution in [-0.2, 0) is 7.05 Å². The van der Waals surface area contributed by atoms with E-state index < -0.39 is 0 Å². The summed E-state index contributed by atoms with van der Waals surface area (Å²) in [7, 11) is 1.82. The van der Waals surface area contributed by atoms with E-state index in [4.69, 9.17) is 0 Å². The summed E-state index contributed by atoms with van der Waals surface area (Å²) in [6.45, 7) is 3.63. The van der Waals surface area contributed by atoms with Gasteiger partial charge in [0.15, 0.2) is 0 Å². The van der Waals surface area contributed by atoms with Gasteiger partial charge in [0.05, 0.1) is 5.69 Å². The number of halogens is 1. The molecule has 5 heteroatoms. The Kier molecular flexibility index (Phi) is 3.86. The first-order chi connectivity index (χ1) is 8.11. The highest BCUT2D eigenvalue weighted by molar-refractivity contribution is 9.09. The van der Waals surface area contributed by atoms with Crippen LogP contribution < -0.4 is 0 Å². The van der Waals surface area contributed by atoms with Gasteiger partial charge >= 0.3 is 0 Å². The molecule has 2 heterocycles. The normalized spacial score (nSPS) is 17.5. The summed E-state index contributed by atoms with van der Waals surface area (Å²) in [4.78, 5) is 14.2. The molecule has 1 fully saturated rings. The Morgan fingerprint density at radius 2 is 2.18 bits per heavy atom. The lowest BCUT2D eigenvalue weighted by Crippen LogP contribution is -2.39. The molecule has 2 rings (SSSR count). The first kappa shape index (κ1) is 12.6. The van der Waals surface area contributed by atoms with E-state index >= 15 is 0 Å². The van der Waals surface area contributed by atoms with Gasteiger partial charge in [-0.1, -0.05) is 15.9 Å². The number of nitrogens with zero attached hydrogens (tertiary/aromatic N) is 3. The first-order valence-electron chi connectivity index (χ1n) is 5.97. The molecule has 4 nitrogen and oxygen atoms in total. The third-order valence-electron chi connectivity index (χ3n) is 3.34. The molecule has 0 spiro atoms. The third kappa shape index (κ3) is 2.70. The topological polar surface area (TPSA) is 38.1 Å². The van der Waals surface area contributed by atoms with Crippen molar-refractivity contribution in [3.05, 3.63) is 17.5 Å². The fourth-order valence-corrected chi connectivity index (χ4v) is 2.91. The lowest BCUT2D eigenvalue weighted by Gasteiger charge is -2.31. The Morgan fingerprint density at radius 3 is 2.65 bits per heavy atom. The van der Waals surface area contributed by atoms with E-state index in [-0.39, 0.29) is 5.91 Å². The van der Waals surface area contributed by atoms with Crippen LogP contribution in [0.2, 0.25) is 0 Å². The van der Waals surface area contributed by atoms with Gasteiger partial charge in [0.1, 0.15) is 5.69 Å². The van der Waals surface area contributed by atoms with Crippen LogP contribution in [0.1, 0.15) is 29.0 Å². The van der Waals surface area contributed by atoms with Crippen molar-refractivity contribution < 1.29 is 4.79 Å². The van der Waals surface area contributed by atoms with Crippen molar-refractivity contribution in [2.24, 2.45) is 13.0 Å². The van der Waals surface area contributed by atoms with Gasteiger partial charge in [0.2, 0.25) is 0 Å². The van der Waals surface area contributed by atoms with Crippen molar-refractivity contribution in [1.82, 2.24) is 14.7 Å². The average Bonchev–Trinajstić information content (AvgIpc) is 2.68. The molecule has 0 unspecified atom stereocenters. The number of piperidine rings is 1. The summed E-state index contributed by atoms with van der Waals surface area (Å²) in [5.74, 6) is 0.827. The van der Waals surface area contributed by atoms with Crippen molar-refractivity contribution in [3.8, 4) is 0 Å². The van der Waals surface area contributed by atoms with Gasteiger partial charge in [-0.3, -0.25) is 9.48 Å². The maximum Gasteiger partial charge on any atom is 0.272 e. The molecule has 0 radical (unpaired) electrons. The highest BCUT2D eigenvalue weighted by Gasteiger charge is 2.24. The Bertz CT molecular complexity index is 408. The van der Waals surface area contributed by atoms with E-state index in [9.17, 15) is 4.79 Å². The molecule has 17 heavy (non-hydrogen) atoms. The molecule has 1 aromatic heterocycles. The first-order valence-corrected chi connectivity index (χ1v) is 7.10. The van der Waals surface area contributed by atoms with Gasteiger partial charge in [-0.2, -0.15) is 5.10 Å². The van der Waals surface area contributed by atoms with Crippen molar-refractivity contribution in [2.75, 3.05) is 18.4 Å². The number of aryl methyl sites for hydroxylation is 2. The number of alkyl halides is 1. The van der Waals surface area contributed by atoms with E-state index in [1.807, 2.05) is 24.9 Å². The molecule has 1 aliphatic rings. The zero-order valence-electron chi connectivity index (χ0n) is 10.3. The zero-order chi connectivity index (χ0) is 12.4. The number of rotatable bonds is 2. The number of hydrogen-bond acceptors (Lipinski definition) is 2. The second kappa shape index (κ2) is 5.21. The van der Waals surface area contributed by atoms with Crippen molar-refractivity contribution >= 4 is 21.8 Å². The molecule has 1 amide bonds. The smallest absolute Gasteiger partial charge is 0.272 e.